The van der Waals surface area contributed by atoms with Crippen LogP contribution in [0.1, 0.15) is 52.7 Å². The van der Waals surface area contributed by atoms with Crippen molar-refractivity contribution in [2.45, 2.75) is 62.9 Å². The molecule has 5 atom stereocenters. The van der Waals surface area contributed by atoms with E-state index in [-0.39, 0.29) is 49.2 Å². The average molecular weight is 705 g/mol. The number of nitrogens with one attached hydrogen (secondary N) is 2. The fourth-order valence-corrected chi connectivity index (χ4v) is 7.79. The number of amides is 1. The molecule has 49 heavy (non-hydrogen) atoms. The third kappa shape index (κ3) is 10.0. The standard InChI is InChI=1S/C38H44N2O7S2/c1-26-8-18-33(19-9-26)49(44,45)40-34(22-28-6-4-3-5-7-28)37(43)39-23-29-10-16-32(17-11-29)38-46-35(25-48-21-20-41)27(2)36(47-38)31-14-12-30(24-42)13-15-31/h3-19,27,34-36,38,40-42H,20-25H2,1-2H3,(H,39,43). The number of thioether (sulfide) groups is 1. The van der Waals surface area contributed by atoms with Crippen molar-refractivity contribution in [2.75, 3.05) is 18.1 Å². The number of aryl methyl sites for hydroxylation is 1. The van der Waals surface area contributed by atoms with Crippen LogP contribution in [0.4, 0.5) is 0 Å². The van der Waals surface area contributed by atoms with Gasteiger partial charge in [-0.05, 0) is 47.7 Å². The summed E-state index contributed by atoms with van der Waals surface area (Å²) in [5, 5.41) is 21.7. The summed E-state index contributed by atoms with van der Waals surface area (Å²) in [5.74, 6) is 0.932. The predicted octanol–water partition coefficient (Wildman–Crippen LogP) is 5.21. The lowest BCUT2D eigenvalue weighted by atomic mass is 9.91. The van der Waals surface area contributed by atoms with Crippen molar-refractivity contribution in [2.24, 2.45) is 5.92 Å². The first kappa shape index (κ1) is 36.7. The van der Waals surface area contributed by atoms with Crippen molar-refractivity contribution in [3.63, 3.8) is 0 Å². The summed E-state index contributed by atoms with van der Waals surface area (Å²) >= 11 is 1.63. The van der Waals surface area contributed by atoms with E-state index in [1.165, 1.54) is 12.1 Å². The largest absolute Gasteiger partial charge is 0.396 e. The molecule has 1 aliphatic heterocycles. The zero-order valence-electron chi connectivity index (χ0n) is 27.7. The Balaban J connectivity index is 1.27. The number of hydrogen-bond acceptors (Lipinski definition) is 8. The number of aliphatic hydroxyl groups is 2. The fourth-order valence-electron chi connectivity index (χ4n) is 5.69. The number of rotatable bonds is 15. The molecule has 0 bridgehead atoms. The maximum atomic E-state index is 13.5. The Bertz CT molecular complexity index is 1740. The van der Waals surface area contributed by atoms with Gasteiger partial charge in [0.25, 0.3) is 0 Å². The van der Waals surface area contributed by atoms with Gasteiger partial charge in [-0.3, -0.25) is 4.79 Å². The second-order valence-corrected chi connectivity index (χ2v) is 15.1. The van der Waals surface area contributed by atoms with Crippen LogP contribution < -0.4 is 10.0 Å². The minimum Gasteiger partial charge on any atom is -0.396 e. The van der Waals surface area contributed by atoms with Gasteiger partial charge < -0.3 is 25.0 Å². The molecule has 0 aromatic heterocycles. The number of aliphatic hydroxyl groups excluding tert-OH is 2. The molecule has 5 unspecified atom stereocenters. The van der Waals surface area contributed by atoms with Crippen molar-refractivity contribution >= 4 is 27.7 Å². The molecule has 4 aromatic carbocycles. The lowest BCUT2D eigenvalue weighted by Gasteiger charge is -2.41. The van der Waals surface area contributed by atoms with Crippen molar-refractivity contribution in [3.05, 3.63) is 137 Å². The monoisotopic (exact) mass is 704 g/mol. The van der Waals surface area contributed by atoms with Gasteiger partial charge in [-0.25, -0.2) is 8.42 Å². The SMILES string of the molecule is Cc1ccc(S(=O)(=O)NC(Cc2ccccc2)C(=O)NCc2ccc(C3OC(CSCCO)C(C)C(c4ccc(CO)cc4)O3)cc2)cc1. The molecule has 1 heterocycles. The molecule has 1 saturated heterocycles. The minimum absolute atomic E-state index is 0.0307. The van der Waals surface area contributed by atoms with Crippen LogP contribution in [0.5, 0.6) is 0 Å². The maximum absolute atomic E-state index is 13.5. The summed E-state index contributed by atoms with van der Waals surface area (Å²) < 4.78 is 42.0. The van der Waals surface area contributed by atoms with Crippen molar-refractivity contribution in [3.8, 4) is 0 Å². The van der Waals surface area contributed by atoms with Crippen LogP contribution >= 0.6 is 11.8 Å². The van der Waals surface area contributed by atoms with Crippen LogP contribution in [0, 0.1) is 12.8 Å². The van der Waals surface area contributed by atoms with Crippen LogP contribution in [-0.4, -0.2) is 54.8 Å². The second-order valence-electron chi connectivity index (χ2n) is 12.3. The van der Waals surface area contributed by atoms with Gasteiger partial charge in [0.1, 0.15) is 6.04 Å². The van der Waals surface area contributed by atoms with Gasteiger partial charge in [0.05, 0.1) is 30.3 Å². The van der Waals surface area contributed by atoms with E-state index < -0.39 is 28.3 Å². The molecule has 1 aliphatic rings. The van der Waals surface area contributed by atoms with Gasteiger partial charge in [0.2, 0.25) is 15.9 Å². The first-order valence-corrected chi connectivity index (χ1v) is 19.0. The van der Waals surface area contributed by atoms with E-state index in [4.69, 9.17) is 9.47 Å². The normalized spacial score (nSPS) is 20.1. The van der Waals surface area contributed by atoms with Gasteiger partial charge in [-0.2, -0.15) is 16.5 Å². The molecule has 5 rings (SSSR count). The minimum atomic E-state index is -3.95. The fraction of sp³-hybridized carbons (Fsp3) is 0.342. The summed E-state index contributed by atoms with van der Waals surface area (Å²) in [6.45, 7) is 4.24. The van der Waals surface area contributed by atoms with Crippen molar-refractivity contribution < 1.29 is 32.9 Å². The van der Waals surface area contributed by atoms with E-state index in [9.17, 15) is 23.4 Å². The van der Waals surface area contributed by atoms with Gasteiger partial charge >= 0.3 is 0 Å². The Labute approximate surface area is 293 Å². The molecule has 4 N–H and O–H groups in total. The van der Waals surface area contributed by atoms with E-state index in [0.29, 0.717) is 11.5 Å². The molecule has 0 spiro atoms. The molecule has 260 valence electrons. The van der Waals surface area contributed by atoms with Crippen LogP contribution in [0.15, 0.2) is 108 Å². The predicted molar refractivity (Wildman–Crippen MR) is 191 cm³/mol. The highest BCUT2D eigenvalue weighted by atomic mass is 32.2. The zero-order valence-corrected chi connectivity index (χ0v) is 29.3. The van der Waals surface area contributed by atoms with E-state index in [1.807, 2.05) is 85.8 Å². The Morgan fingerprint density at radius 1 is 0.837 bits per heavy atom. The number of carbonyl (C=O) groups excluding carboxylic acids is 1. The van der Waals surface area contributed by atoms with Gasteiger partial charge in [0.15, 0.2) is 6.29 Å². The maximum Gasteiger partial charge on any atom is 0.241 e. The Morgan fingerprint density at radius 2 is 1.49 bits per heavy atom. The van der Waals surface area contributed by atoms with E-state index in [0.717, 1.165) is 33.4 Å². The molecule has 0 aliphatic carbocycles. The topological polar surface area (TPSA) is 134 Å². The first-order valence-electron chi connectivity index (χ1n) is 16.4. The Hall–Kier alpha value is -3.55. The molecular weight excluding hydrogens is 661 g/mol. The van der Waals surface area contributed by atoms with E-state index in [2.05, 4.69) is 17.0 Å². The third-order valence-electron chi connectivity index (χ3n) is 8.59. The number of hydrogen-bond donors (Lipinski definition) is 4. The molecule has 4 aromatic rings. The number of benzene rings is 4. The molecule has 1 fully saturated rings. The second kappa shape index (κ2) is 17.4. The summed E-state index contributed by atoms with van der Waals surface area (Å²) in [6, 6.07) is 30.1. The quantitative estimate of drug-likeness (QED) is 0.124. The Morgan fingerprint density at radius 3 is 2.14 bits per heavy atom. The van der Waals surface area contributed by atoms with E-state index >= 15 is 0 Å². The number of ether oxygens (including phenoxy) is 2. The molecule has 0 radical (unpaired) electrons. The Kier molecular flexibility index (Phi) is 13.0. The van der Waals surface area contributed by atoms with Gasteiger partial charge in [0, 0.05) is 29.5 Å². The lowest BCUT2D eigenvalue weighted by molar-refractivity contribution is -0.268. The molecule has 0 saturated carbocycles. The summed E-state index contributed by atoms with van der Waals surface area (Å²) in [5.41, 5.74) is 5.24. The average Bonchev–Trinajstić information content (AvgIpc) is 3.12. The highest BCUT2D eigenvalue weighted by Crippen LogP contribution is 2.42. The summed E-state index contributed by atoms with van der Waals surface area (Å²) in [6.07, 6.45) is -0.807. The van der Waals surface area contributed by atoms with Crippen molar-refractivity contribution in [1.29, 1.82) is 0 Å². The van der Waals surface area contributed by atoms with Crippen LogP contribution in [-0.2, 0) is 43.9 Å². The summed E-state index contributed by atoms with van der Waals surface area (Å²) in [4.78, 5) is 13.6. The van der Waals surface area contributed by atoms with Crippen molar-refractivity contribution in [1.82, 2.24) is 10.0 Å². The van der Waals surface area contributed by atoms with Gasteiger partial charge in [-0.15, -0.1) is 0 Å². The van der Waals surface area contributed by atoms with Crippen LogP contribution in [0.2, 0.25) is 0 Å². The summed E-state index contributed by atoms with van der Waals surface area (Å²) in [7, 11) is -3.95. The molecule has 9 nitrogen and oxygen atoms in total. The highest BCUT2D eigenvalue weighted by Gasteiger charge is 2.38. The van der Waals surface area contributed by atoms with Gasteiger partial charge in [-0.1, -0.05) is 103 Å². The molecule has 11 heteroatoms. The smallest absolute Gasteiger partial charge is 0.241 e. The first-order chi connectivity index (χ1) is 23.7. The third-order valence-corrected chi connectivity index (χ3v) is 11.1. The highest BCUT2D eigenvalue weighted by molar-refractivity contribution is 7.99. The number of sulfonamides is 1. The van der Waals surface area contributed by atoms with E-state index in [1.54, 1.807) is 23.9 Å². The number of carbonyl (C=O) groups is 1. The lowest BCUT2D eigenvalue weighted by Crippen LogP contribution is -2.47. The molecule has 1 amide bonds. The zero-order chi connectivity index (χ0) is 34.8. The molecular formula is C38H44N2O7S2. The van der Waals surface area contributed by atoms with Crippen LogP contribution in [0.25, 0.3) is 0 Å². The van der Waals surface area contributed by atoms with Crippen LogP contribution in [0.3, 0.4) is 0 Å².